The first-order chi connectivity index (χ1) is 43.1. The molecule has 3 fully saturated rings. The van der Waals surface area contributed by atoms with Crippen LogP contribution in [0.1, 0.15) is 52.6 Å². The zero-order chi connectivity index (χ0) is 63.8. The van der Waals surface area contributed by atoms with Crippen molar-refractivity contribution in [3.63, 3.8) is 0 Å². The number of carbonyl (C=O) groups excluding carboxylic acids is 6. The molecule has 3 aromatic carbocycles. The molecule has 1 unspecified atom stereocenters. The Hall–Kier alpha value is -10.4. The van der Waals surface area contributed by atoms with Crippen molar-refractivity contribution >= 4 is 121 Å². The zero-order valence-electron chi connectivity index (χ0n) is 47.7. The molecular formula is C57H51F3N18O9S3. The third kappa shape index (κ3) is 15.3. The van der Waals surface area contributed by atoms with Crippen LogP contribution in [0.15, 0.2) is 124 Å². The first kappa shape index (κ1) is 62.6. The first-order valence-corrected chi connectivity index (χ1v) is 31.8. The fourth-order valence-electron chi connectivity index (χ4n) is 9.12. The third-order valence-corrected chi connectivity index (χ3v) is 15.4. The molecule has 9 aromatic rings. The average molecular weight is 1290 g/mol. The smallest absolute Gasteiger partial charge is 0.254 e. The predicted octanol–water partition coefficient (Wildman–Crippen LogP) is 3.91. The van der Waals surface area contributed by atoms with Gasteiger partial charge in [-0.15, -0.1) is 0 Å². The molecule has 3 saturated heterocycles. The molecule has 3 aliphatic heterocycles. The highest BCUT2D eigenvalue weighted by atomic mass is 32.2. The van der Waals surface area contributed by atoms with Gasteiger partial charge in [-0.1, -0.05) is 48.2 Å². The fourth-order valence-corrected chi connectivity index (χ4v) is 10.4. The molecule has 0 bridgehead atoms. The van der Waals surface area contributed by atoms with E-state index in [4.69, 9.17) is 0 Å². The van der Waals surface area contributed by atoms with Crippen molar-refractivity contribution in [3.05, 3.63) is 159 Å². The number of benzene rings is 3. The minimum Gasteiger partial charge on any atom is -0.354 e. The Labute approximate surface area is 515 Å². The molecule has 9 heterocycles. The highest BCUT2D eigenvalue weighted by molar-refractivity contribution is 7.98. The fraction of sp³-hybridized carbons (Fsp3) is 0.211. The molecule has 27 nitrogen and oxygen atoms in total. The highest BCUT2D eigenvalue weighted by Crippen LogP contribution is 2.25. The van der Waals surface area contributed by atoms with Gasteiger partial charge in [0.05, 0.1) is 48.7 Å². The largest absolute Gasteiger partial charge is 0.354 e. The summed E-state index contributed by atoms with van der Waals surface area (Å²) in [4.78, 5) is 95.4. The van der Waals surface area contributed by atoms with E-state index in [0.29, 0.717) is 95.1 Å². The van der Waals surface area contributed by atoms with Crippen LogP contribution >= 0.6 is 11.8 Å². The summed E-state index contributed by atoms with van der Waals surface area (Å²) in [6.45, 7) is 1.28. The van der Waals surface area contributed by atoms with Crippen LogP contribution in [0.4, 0.5) is 31.0 Å². The molecule has 3 aliphatic rings. The van der Waals surface area contributed by atoms with Gasteiger partial charge in [0.1, 0.15) is 17.5 Å². The lowest BCUT2D eigenvalue weighted by atomic mass is 10.1. The second-order valence-corrected chi connectivity index (χ2v) is 24.0. The molecule has 6 aromatic heterocycles. The Bertz CT molecular complexity index is 4630. The van der Waals surface area contributed by atoms with Gasteiger partial charge in [-0.3, -0.25) is 48.9 Å². The maximum Gasteiger partial charge on any atom is 0.254 e. The third-order valence-electron chi connectivity index (χ3n) is 13.3. The van der Waals surface area contributed by atoms with Gasteiger partial charge in [0.15, 0.2) is 22.1 Å². The number of imide groups is 3. The number of amides is 6. The summed E-state index contributed by atoms with van der Waals surface area (Å²) in [7, 11) is -5.20. The van der Waals surface area contributed by atoms with Crippen molar-refractivity contribution in [1.82, 2.24) is 74.7 Å². The van der Waals surface area contributed by atoms with Crippen LogP contribution in [-0.2, 0) is 68.7 Å². The van der Waals surface area contributed by atoms with Crippen molar-refractivity contribution in [2.45, 2.75) is 54.0 Å². The van der Waals surface area contributed by atoms with Crippen molar-refractivity contribution < 1.29 is 54.6 Å². The number of rotatable bonds is 18. The van der Waals surface area contributed by atoms with Crippen molar-refractivity contribution in [2.24, 2.45) is 0 Å². The Kier molecular flexibility index (Phi) is 19.0. The summed E-state index contributed by atoms with van der Waals surface area (Å²) >= 11 is 1.38. The minimum atomic E-state index is -3.75. The quantitative estimate of drug-likeness (QED) is 0.0403. The number of carbonyl (C=O) groups is 6. The maximum absolute atomic E-state index is 13.4. The monoisotopic (exact) mass is 1280 g/mol. The molecule has 0 spiro atoms. The number of nitrogens with zero attached hydrogens (tertiary/aromatic N) is 12. The molecule has 0 radical (unpaired) electrons. The van der Waals surface area contributed by atoms with Crippen LogP contribution in [0.2, 0.25) is 0 Å². The van der Waals surface area contributed by atoms with Crippen molar-refractivity contribution in [3.8, 4) is 0 Å². The van der Waals surface area contributed by atoms with Gasteiger partial charge in [0.25, 0.3) is 22.9 Å². The number of nitrogens with one attached hydrogen (secondary N) is 6. The number of anilines is 3. The van der Waals surface area contributed by atoms with E-state index in [-0.39, 0.29) is 70.9 Å². The van der Waals surface area contributed by atoms with E-state index in [0.717, 1.165) is 22.9 Å². The van der Waals surface area contributed by atoms with Crippen LogP contribution in [0, 0.1) is 17.5 Å². The molecule has 33 heteroatoms. The van der Waals surface area contributed by atoms with E-state index in [1.165, 1.54) is 88.0 Å². The normalized spacial score (nSPS) is 15.7. The zero-order valence-corrected chi connectivity index (χ0v) is 50.1. The molecule has 6 N–H and O–H groups in total. The van der Waals surface area contributed by atoms with E-state index in [9.17, 15) is 54.6 Å². The lowest BCUT2D eigenvalue weighted by Gasteiger charge is -2.09. The Morgan fingerprint density at radius 1 is 0.544 bits per heavy atom. The summed E-state index contributed by atoms with van der Waals surface area (Å²) in [6, 6.07) is 18.9. The van der Waals surface area contributed by atoms with Crippen molar-refractivity contribution in [1.29, 1.82) is 0 Å². The topological polar surface area (TPSA) is 355 Å². The summed E-state index contributed by atoms with van der Waals surface area (Å²) in [5, 5.41) is 29.0. The Morgan fingerprint density at radius 3 is 1.26 bits per heavy atom. The molecule has 12 rings (SSSR count). The average Bonchev–Trinajstić information content (AvgIpc) is 1.71. The number of hydrogen-bond acceptors (Lipinski definition) is 22. The molecule has 6 amide bonds. The van der Waals surface area contributed by atoms with Crippen LogP contribution in [0.5, 0.6) is 0 Å². The summed E-state index contributed by atoms with van der Waals surface area (Å²) < 4.78 is 80.5. The first-order valence-electron chi connectivity index (χ1n) is 27.1. The van der Waals surface area contributed by atoms with E-state index < -0.39 is 49.4 Å². The molecular weight excluding hydrogens is 1230 g/mol. The maximum atomic E-state index is 13.4. The minimum absolute atomic E-state index is 0.0213. The predicted molar refractivity (Wildman–Crippen MR) is 323 cm³/mol. The van der Waals surface area contributed by atoms with E-state index in [2.05, 4.69) is 77.1 Å². The van der Waals surface area contributed by atoms with Crippen molar-refractivity contribution in [2.75, 3.05) is 54.4 Å². The number of sulfone groups is 1. The van der Waals surface area contributed by atoms with Gasteiger partial charge in [0.2, 0.25) is 50.6 Å². The van der Waals surface area contributed by atoms with Gasteiger partial charge in [-0.25, -0.2) is 26.6 Å². The van der Waals surface area contributed by atoms with Crippen LogP contribution < -0.4 is 31.9 Å². The van der Waals surface area contributed by atoms with Crippen LogP contribution in [-0.4, -0.2) is 145 Å². The Morgan fingerprint density at radius 2 is 0.911 bits per heavy atom. The Balaban J connectivity index is 0.000000149. The summed E-state index contributed by atoms with van der Waals surface area (Å²) in [5.74, 6) is -2.47. The summed E-state index contributed by atoms with van der Waals surface area (Å²) in [5.41, 5.74) is 5.84. The summed E-state index contributed by atoms with van der Waals surface area (Å²) in [6.07, 6.45) is 14.9. The lowest BCUT2D eigenvalue weighted by molar-refractivity contribution is -0.125. The second kappa shape index (κ2) is 27.3. The molecule has 90 heavy (non-hydrogen) atoms. The molecule has 462 valence electrons. The van der Waals surface area contributed by atoms with E-state index in [1.54, 1.807) is 41.1 Å². The molecule has 0 saturated carbocycles. The van der Waals surface area contributed by atoms with Gasteiger partial charge in [0, 0.05) is 65.6 Å². The van der Waals surface area contributed by atoms with Gasteiger partial charge >= 0.3 is 0 Å². The lowest BCUT2D eigenvalue weighted by Crippen LogP contribution is -2.19. The van der Waals surface area contributed by atoms with Gasteiger partial charge in [-0.05, 0) is 96.8 Å². The van der Waals surface area contributed by atoms with Crippen LogP contribution in [0.25, 0.3) is 35.2 Å². The second-order valence-electron chi connectivity index (χ2n) is 20.0. The molecule has 1 atom stereocenters. The van der Waals surface area contributed by atoms with Gasteiger partial charge in [-0.2, -0.15) is 53.8 Å². The standard InChI is InChI=1S/C19H17FN6O4S.C19H17FN6O3S.C19H17FN6O2S/c1-31(29,30)19-24-16-13(8-12-9-15(27)23-17(12)28)10-22-26(16)18(25-19)21-6-5-11-3-2-4-14(20)7-11;1-30(29)19-24-16-13(8-12-9-15(27)23-17(12)28)10-22-26(16)18(25-19)21-6-5-11-3-2-4-14(20)7-11;1-29-19-24-16-13(8-12-9-15(27)23-17(12)28)10-22-26(16)18(25-19)21-6-5-11-3-2-4-14(20)7-11/h2-4,7-8,10H,5-6,9H2,1H3,(H,21,24,25)(H,23,27,28);2-4,7-8,10H,5-6,9H2,1H3,(H,21,24,25)(H,23,27,28);2-4,7-8,10H,5-6,9H2,1H3,(H,21,24,25)(H,23,27,28)/b3*12-8+. The number of aromatic nitrogens is 12. The SMILES string of the molecule is CS(=O)(=O)c1nc(NCCc2cccc(F)c2)n2ncc(/C=C3\CC(=O)NC3=O)c2n1.CS(=O)c1nc(NCCc2cccc(F)c2)n2ncc(/C=C3\CC(=O)NC3=O)c2n1.CSc1nc(NCCc2cccc(F)c2)n2ncc(/C=C3\CC(=O)NC3=O)c2n1. The molecule has 0 aliphatic carbocycles. The highest BCUT2D eigenvalue weighted by Gasteiger charge is 2.28. The van der Waals surface area contributed by atoms with E-state index in [1.807, 2.05) is 18.4 Å². The number of halogens is 3. The number of fused-ring (bicyclic) bond motifs is 3. The van der Waals surface area contributed by atoms with E-state index >= 15 is 0 Å². The number of hydrogen-bond donors (Lipinski definition) is 6. The van der Waals surface area contributed by atoms with Gasteiger partial charge < -0.3 is 16.0 Å². The van der Waals surface area contributed by atoms with Crippen LogP contribution in [0.3, 0.4) is 0 Å². The number of thioether (sulfide) groups is 1.